The molecule has 0 saturated carbocycles. The van der Waals surface area contributed by atoms with Crippen molar-refractivity contribution in [3.63, 3.8) is 0 Å². The van der Waals surface area contributed by atoms with Gasteiger partial charge in [0.25, 0.3) is 5.91 Å². The van der Waals surface area contributed by atoms with Gasteiger partial charge in [-0.3, -0.25) is 4.79 Å². The number of nitrogens with one attached hydrogen (secondary N) is 1. The fraction of sp³-hybridized carbons (Fsp3) is 0.417. The lowest BCUT2D eigenvalue weighted by Crippen LogP contribution is -2.35. The summed E-state index contributed by atoms with van der Waals surface area (Å²) in [5.74, 6) is -0.682. The quantitative estimate of drug-likeness (QED) is 0.608. The summed E-state index contributed by atoms with van der Waals surface area (Å²) >= 11 is 0. The van der Waals surface area contributed by atoms with Gasteiger partial charge >= 0.3 is 0 Å². The van der Waals surface area contributed by atoms with E-state index in [2.05, 4.69) is 25.2 Å². The van der Waals surface area contributed by atoms with Crippen LogP contribution in [0.2, 0.25) is 0 Å². The number of rotatable bonds is 5. The van der Waals surface area contributed by atoms with Crippen LogP contribution in [0.25, 0.3) is 11.4 Å². The van der Waals surface area contributed by atoms with Crippen molar-refractivity contribution >= 4 is 17.5 Å². The largest absolute Gasteiger partial charge is 0.337 e. The Morgan fingerprint density at radius 1 is 1.06 bits per heavy atom. The van der Waals surface area contributed by atoms with Crippen LogP contribution in [0.5, 0.6) is 0 Å². The zero-order valence-corrected chi connectivity index (χ0v) is 19.8. The molecule has 1 aliphatic rings. The number of aromatic nitrogens is 4. The van der Waals surface area contributed by atoms with Crippen molar-refractivity contribution in [1.82, 2.24) is 29.3 Å². The van der Waals surface area contributed by atoms with Crippen molar-refractivity contribution in [2.45, 2.75) is 33.2 Å². The lowest BCUT2D eigenvalue weighted by Gasteiger charge is -2.21. The van der Waals surface area contributed by atoms with E-state index >= 15 is 0 Å². The van der Waals surface area contributed by atoms with E-state index in [0.717, 1.165) is 31.5 Å². The van der Waals surface area contributed by atoms with E-state index in [9.17, 15) is 13.6 Å². The Morgan fingerprint density at radius 3 is 2.59 bits per heavy atom. The highest BCUT2D eigenvalue weighted by molar-refractivity contribution is 5.95. The number of imidazole rings is 1. The number of carbonyl (C=O) groups is 1. The summed E-state index contributed by atoms with van der Waals surface area (Å²) in [7, 11) is 2.01. The summed E-state index contributed by atoms with van der Waals surface area (Å²) in [4.78, 5) is 29.3. The Kier molecular flexibility index (Phi) is 6.87. The molecule has 0 atom stereocenters. The average Bonchev–Trinajstić information content (AvgIpc) is 3.04. The molecular weight excluding hydrogens is 440 g/mol. The Balaban J connectivity index is 1.55. The maximum atomic E-state index is 14.9. The topological polar surface area (TPSA) is 79.2 Å². The van der Waals surface area contributed by atoms with Crippen molar-refractivity contribution < 1.29 is 13.6 Å². The smallest absolute Gasteiger partial charge is 0.256 e. The van der Waals surface area contributed by atoms with Crippen LogP contribution in [0, 0.1) is 18.6 Å². The van der Waals surface area contributed by atoms with Crippen molar-refractivity contribution in [1.29, 1.82) is 0 Å². The minimum Gasteiger partial charge on any atom is -0.337 e. The number of carbonyl (C=O) groups excluding carboxylic acids is 1. The molecule has 1 amide bonds. The van der Waals surface area contributed by atoms with E-state index in [4.69, 9.17) is 0 Å². The van der Waals surface area contributed by atoms with Gasteiger partial charge in [0.15, 0.2) is 5.82 Å². The summed E-state index contributed by atoms with van der Waals surface area (Å²) in [6, 6.07) is 4.34. The SMILES string of the molecule is Cc1ncc(-c2nc(Nc3ccc(C(=O)N4CCCN(C)CC4)c(F)c3)ncc2F)n1C(C)C. The van der Waals surface area contributed by atoms with Crippen LogP contribution < -0.4 is 5.32 Å². The molecule has 0 bridgehead atoms. The number of likely N-dealkylation sites (N-methyl/N-ethyl adjacent to an activating group) is 1. The standard InChI is InChI=1S/C24H29F2N7O/c1-15(2)33-16(3)27-14-21(33)22-20(26)13-28-24(30-22)29-17-6-7-18(19(25)12-17)23(34)32-9-5-8-31(4)10-11-32/h6-7,12-15H,5,8-11H2,1-4H3,(H,28,29,30). The number of amides is 1. The van der Waals surface area contributed by atoms with E-state index in [-0.39, 0.29) is 29.2 Å². The molecule has 0 unspecified atom stereocenters. The molecule has 0 aliphatic carbocycles. The fourth-order valence-electron chi connectivity index (χ4n) is 4.20. The predicted octanol–water partition coefficient (Wildman–Crippen LogP) is 4.03. The second-order valence-corrected chi connectivity index (χ2v) is 8.81. The van der Waals surface area contributed by atoms with E-state index in [1.165, 1.54) is 12.1 Å². The molecule has 0 radical (unpaired) electrons. The Bertz CT molecular complexity index is 1190. The number of hydrogen-bond acceptors (Lipinski definition) is 6. The van der Waals surface area contributed by atoms with Gasteiger partial charge in [0.05, 0.1) is 23.7 Å². The highest BCUT2D eigenvalue weighted by Gasteiger charge is 2.22. The molecule has 0 spiro atoms. The van der Waals surface area contributed by atoms with E-state index < -0.39 is 11.6 Å². The highest BCUT2D eigenvalue weighted by atomic mass is 19.1. The van der Waals surface area contributed by atoms with Gasteiger partial charge in [-0.05, 0) is 59.0 Å². The molecule has 10 heteroatoms. The molecule has 1 fully saturated rings. The van der Waals surface area contributed by atoms with Gasteiger partial charge in [-0.25, -0.2) is 23.7 Å². The van der Waals surface area contributed by atoms with E-state index in [1.54, 1.807) is 17.2 Å². The van der Waals surface area contributed by atoms with Gasteiger partial charge in [-0.2, -0.15) is 0 Å². The molecule has 1 aromatic carbocycles. The first kappa shape index (κ1) is 23.7. The molecule has 1 aliphatic heterocycles. The highest BCUT2D eigenvalue weighted by Crippen LogP contribution is 2.27. The second kappa shape index (κ2) is 9.84. The number of hydrogen-bond donors (Lipinski definition) is 1. The van der Waals surface area contributed by atoms with Crippen molar-refractivity contribution in [2.75, 3.05) is 38.5 Å². The first-order valence-corrected chi connectivity index (χ1v) is 11.4. The van der Waals surface area contributed by atoms with Crippen LogP contribution in [0.4, 0.5) is 20.4 Å². The normalized spacial score (nSPS) is 15.0. The van der Waals surface area contributed by atoms with Gasteiger partial charge in [-0.1, -0.05) is 0 Å². The van der Waals surface area contributed by atoms with Crippen LogP contribution in [-0.2, 0) is 0 Å². The third-order valence-electron chi connectivity index (χ3n) is 5.95. The van der Waals surface area contributed by atoms with Gasteiger partial charge in [-0.15, -0.1) is 0 Å². The van der Waals surface area contributed by atoms with E-state index in [0.29, 0.717) is 24.5 Å². The number of benzene rings is 1. The molecule has 4 rings (SSSR count). The minimum absolute atomic E-state index is 0.0205. The second-order valence-electron chi connectivity index (χ2n) is 8.81. The number of aryl methyl sites for hydroxylation is 1. The molecule has 3 aromatic rings. The molecular formula is C24H29F2N7O. The number of anilines is 2. The third-order valence-corrected chi connectivity index (χ3v) is 5.95. The van der Waals surface area contributed by atoms with Gasteiger partial charge in [0.1, 0.15) is 17.3 Å². The maximum absolute atomic E-state index is 14.9. The van der Waals surface area contributed by atoms with Crippen LogP contribution in [0.15, 0.2) is 30.6 Å². The Morgan fingerprint density at radius 2 is 1.85 bits per heavy atom. The van der Waals surface area contributed by atoms with Crippen LogP contribution in [0.3, 0.4) is 0 Å². The van der Waals surface area contributed by atoms with Gasteiger partial charge in [0.2, 0.25) is 5.95 Å². The third kappa shape index (κ3) is 4.91. The number of halogens is 2. The first-order valence-electron chi connectivity index (χ1n) is 11.4. The van der Waals surface area contributed by atoms with E-state index in [1.807, 2.05) is 32.4 Å². The zero-order chi connectivity index (χ0) is 24.4. The summed E-state index contributed by atoms with van der Waals surface area (Å²) in [5, 5.41) is 2.91. The molecule has 180 valence electrons. The van der Waals surface area contributed by atoms with Crippen LogP contribution >= 0.6 is 0 Å². The summed E-state index contributed by atoms with van der Waals surface area (Å²) in [6.07, 6.45) is 3.50. The molecule has 2 aromatic heterocycles. The summed E-state index contributed by atoms with van der Waals surface area (Å²) in [6.45, 7) is 8.63. The molecule has 1 saturated heterocycles. The summed E-state index contributed by atoms with van der Waals surface area (Å²) < 4.78 is 31.3. The lowest BCUT2D eigenvalue weighted by atomic mass is 10.1. The first-order chi connectivity index (χ1) is 16.2. The Hall–Kier alpha value is -3.40. The molecule has 3 heterocycles. The van der Waals surface area contributed by atoms with Crippen LogP contribution in [0.1, 0.15) is 42.5 Å². The number of nitrogens with zero attached hydrogens (tertiary/aromatic N) is 6. The van der Waals surface area contributed by atoms with Gasteiger partial charge in [0, 0.05) is 31.4 Å². The molecule has 8 nitrogen and oxygen atoms in total. The Labute approximate surface area is 197 Å². The molecule has 1 N–H and O–H groups in total. The maximum Gasteiger partial charge on any atom is 0.256 e. The molecule has 34 heavy (non-hydrogen) atoms. The van der Waals surface area contributed by atoms with Crippen molar-refractivity contribution in [2.24, 2.45) is 0 Å². The van der Waals surface area contributed by atoms with Crippen molar-refractivity contribution in [3.05, 3.63) is 53.6 Å². The lowest BCUT2D eigenvalue weighted by molar-refractivity contribution is 0.0758. The van der Waals surface area contributed by atoms with Crippen molar-refractivity contribution in [3.8, 4) is 11.4 Å². The minimum atomic E-state index is -0.636. The van der Waals surface area contributed by atoms with Gasteiger partial charge < -0.3 is 19.7 Å². The zero-order valence-electron chi connectivity index (χ0n) is 19.8. The monoisotopic (exact) mass is 469 g/mol. The fourth-order valence-corrected chi connectivity index (χ4v) is 4.20. The average molecular weight is 470 g/mol. The van der Waals surface area contributed by atoms with Crippen LogP contribution in [-0.4, -0.2) is 68.5 Å². The predicted molar refractivity (Wildman–Crippen MR) is 126 cm³/mol. The summed E-state index contributed by atoms with van der Waals surface area (Å²) in [5.41, 5.74) is 1.01.